The fraction of sp³-hybridized carbons (Fsp3) is 0.722. The van der Waals surface area contributed by atoms with Gasteiger partial charge in [0.25, 0.3) is 0 Å². The number of esters is 1. The smallest absolute Gasteiger partial charge is 0.330 e. The number of Topliss-reactive ketones (excluding diaryl/α,β-unsaturated/α-hetero) is 1. The first-order valence-electron chi connectivity index (χ1n) is 18.4. The Labute approximate surface area is 306 Å². The van der Waals surface area contributed by atoms with Gasteiger partial charge in [-0.15, -0.1) is 0 Å². The highest BCUT2D eigenvalue weighted by Crippen LogP contribution is 2.21. The number of nitrogens with zero attached hydrogens (tertiary/aromatic N) is 1. The zero-order valence-electron chi connectivity index (χ0n) is 31.3. The highest BCUT2D eigenvalue weighted by atomic mass is 16.5. The Morgan fingerprint density at radius 3 is 2.17 bits per heavy atom. The molecule has 16 nitrogen and oxygen atoms in total. The summed E-state index contributed by atoms with van der Waals surface area (Å²) in [7, 11) is 1.23. The van der Waals surface area contributed by atoms with Crippen molar-refractivity contribution in [3.05, 3.63) is 12.2 Å². The second-order valence-corrected chi connectivity index (χ2v) is 14.0. The van der Waals surface area contributed by atoms with E-state index in [2.05, 4.69) is 31.3 Å². The second-order valence-electron chi connectivity index (χ2n) is 14.0. The van der Waals surface area contributed by atoms with E-state index in [4.69, 9.17) is 0 Å². The van der Waals surface area contributed by atoms with Crippen LogP contribution in [0.5, 0.6) is 0 Å². The number of carboxylic acid groups (broad SMARTS) is 1. The summed E-state index contributed by atoms with van der Waals surface area (Å²) < 4.78 is 4.59. The largest absolute Gasteiger partial charge is 0.480 e. The molecule has 0 aromatic rings. The number of ether oxygens (including phenoxy) is 1. The lowest BCUT2D eigenvalue weighted by Crippen LogP contribution is -2.60. The SMILES string of the molecule is CCCC[C@H](NC(=O)[C@H](CC/C=C/C(=O)OC)NC(=O)[C@@H]1CC(=O)CN1)C(=O)N[C@H](C(=O)N[C@@H](CC(C)C)C(=O)N1CCC[C@H]1C(=O)O)C(C)CC. The number of rotatable bonds is 21. The van der Waals surface area contributed by atoms with Crippen LogP contribution in [0.3, 0.4) is 0 Å². The van der Waals surface area contributed by atoms with Crippen molar-refractivity contribution in [2.45, 2.75) is 135 Å². The summed E-state index contributed by atoms with van der Waals surface area (Å²) >= 11 is 0. The van der Waals surface area contributed by atoms with Crippen LogP contribution >= 0.6 is 0 Å². The summed E-state index contributed by atoms with van der Waals surface area (Å²) in [5.74, 6) is -5.15. The number of hydrogen-bond acceptors (Lipinski definition) is 10. The molecule has 0 aromatic heterocycles. The molecule has 2 heterocycles. The van der Waals surface area contributed by atoms with Gasteiger partial charge in [-0.2, -0.15) is 0 Å². The number of carbonyl (C=O) groups is 8. The number of hydrogen-bond donors (Lipinski definition) is 6. The van der Waals surface area contributed by atoms with Crippen molar-refractivity contribution in [3.8, 4) is 0 Å². The number of ketones is 1. The molecule has 6 N–H and O–H groups in total. The van der Waals surface area contributed by atoms with Gasteiger partial charge in [-0.3, -0.25) is 34.1 Å². The van der Waals surface area contributed by atoms with Gasteiger partial charge in [0.2, 0.25) is 29.5 Å². The number of unbranched alkanes of at least 4 members (excludes halogenated alkanes) is 1. The molecule has 5 amide bonds. The molecular formula is C36H58N6O10. The Balaban J connectivity index is 2.27. The van der Waals surface area contributed by atoms with E-state index in [1.807, 2.05) is 27.7 Å². The average molecular weight is 735 g/mol. The van der Waals surface area contributed by atoms with Crippen LogP contribution in [-0.2, 0) is 43.1 Å². The fourth-order valence-corrected chi connectivity index (χ4v) is 6.19. The minimum atomic E-state index is -1.12. The van der Waals surface area contributed by atoms with Gasteiger partial charge < -0.3 is 36.0 Å². The lowest BCUT2D eigenvalue weighted by molar-refractivity contribution is -0.149. The van der Waals surface area contributed by atoms with E-state index in [0.717, 1.165) is 0 Å². The zero-order valence-corrected chi connectivity index (χ0v) is 31.3. The molecule has 2 saturated heterocycles. The summed E-state index contributed by atoms with van der Waals surface area (Å²) in [6.07, 6.45) is 6.02. The molecule has 16 heteroatoms. The number of likely N-dealkylation sites (tertiary alicyclic amines) is 1. The van der Waals surface area contributed by atoms with Crippen LogP contribution in [0, 0.1) is 11.8 Å². The van der Waals surface area contributed by atoms with E-state index in [0.29, 0.717) is 32.1 Å². The third-order valence-corrected chi connectivity index (χ3v) is 9.42. The minimum absolute atomic E-state index is 0.0141. The molecule has 0 spiro atoms. The van der Waals surface area contributed by atoms with Gasteiger partial charge in [0.05, 0.1) is 19.7 Å². The molecule has 0 aromatic carbocycles. The fourth-order valence-electron chi connectivity index (χ4n) is 6.19. The van der Waals surface area contributed by atoms with Gasteiger partial charge in [-0.05, 0) is 50.4 Å². The maximum Gasteiger partial charge on any atom is 0.330 e. The van der Waals surface area contributed by atoms with Crippen molar-refractivity contribution in [2.75, 3.05) is 20.2 Å². The molecule has 2 fully saturated rings. The molecule has 0 bridgehead atoms. The summed E-state index contributed by atoms with van der Waals surface area (Å²) in [5.41, 5.74) is 0. The predicted molar refractivity (Wildman–Crippen MR) is 190 cm³/mol. The normalized spacial score (nSPS) is 20.1. The van der Waals surface area contributed by atoms with Crippen molar-refractivity contribution >= 4 is 47.3 Å². The van der Waals surface area contributed by atoms with Gasteiger partial charge >= 0.3 is 11.9 Å². The Bertz CT molecular complexity index is 1320. The van der Waals surface area contributed by atoms with Crippen LogP contribution < -0.4 is 26.6 Å². The van der Waals surface area contributed by atoms with Crippen LogP contribution in [0.2, 0.25) is 0 Å². The van der Waals surface area contributed by atoms with E-state index in [1.54, 1.807) is 6.92 Å². The standard InChI is InChI=1S/C36H58N6O10/c1-7-9-13-24(38-31(45)25(14-10-11-16-29(44)52-6)39-33(47)26-19-23(43)20-37-26)32(46)41-30(22(5)8-2)34(48)40-27(18-21(3)4)35(49)42-17-12-15-28(42)36(50)51/h11,16,21-22,24-28,30,37H,7-10,12-15,17-20H2,1-6H3,(H,38,45)(H,39,47)(H,40,48)(H,41,46)(H,50,51)/b16-11+/t22?,24-,25-,26-,27-,28-,30-/m0/s1. The first-order valence-corrected chi connectivity index (χ1v) is 18.4. The van der Waals surface area contributed by atoms with Gasteiger partial charge in [-0.1, -0.05) is 60.0 Å². The van der Waals surface area contributed by atoms with Crippen LogP contribution in [0.25, 0.3) is 0 Å². The van der Waals surface area contributed by atoms with E-state index >= 15 is 0 Å². The lowest BCUT2D eigenvalue weighted by Gasteiger charge is -2.31. The Morgan fingerprint density at radius 2 is 1.60 bits per heavy atom. The molecule has 2 aliphatic rings. The van der Waals surface area contributed by atoms with Crippen molar-refractivity contribution in [3.63, 3.8) is 0 Å². The molecule has 7 atom stereocenters. The van der Waals surface area contributed by atoms with Crippen molar-refractivity contribution < 1.29 is 48.2 Å². The maximum atomic E-state index is 13.9. The number of allylic oxidation sites excluding steroid dienone is 1. The van der Waals surface area contributed by atoms with Gasteiger partial charge in [0, 0.05) is 19.0 Å². The molecule has 292 valence electrons. The quantitative estimate of drug-likeness (QED) is 0.0711. The van der Waals surface area contributed by atoms with Crippen molar-refractivity contribution in [1.29, 1.82) is 0 Å². The van der Waals surface area contributed by atoms with Crippen LogP contribution in [0.15, 0.2) is 12.2 Å². The Hall–Kier alpha value is -4.34. The van der Waals surface area contributed by atoms with Gasteiger partial charge in [-0.25, -0.2) is 9.59 Å². The lowest BCUT2D eigenvalue weighted by atomic mass is 9.95. The van der Waals surface area contributed by atoms with Crippen LogP contribution in [0.4, 0.5) is 0 Å². The number of carboxylic acids is 1. The van der Waals surface area contributed by atoms with E-state index in [1.165, 1.54) is 24.2 Å². The van der Waals surface area contributed by atoms with E-state index < -0.39 is 77.7 Å². The summed E-state index contributed by atoms with van der Waals surface area (Å²) in [6, 6.07) is -6.08. The maximum absolute atomic E-state index is 13.9. The third kappa shape index (κ3) is 13.7. The number of methoxy groups -OCH3 is 1. The van der Waals surface area contributed by atoms with E-state index in [9.17, 15) is 43.5 Å². The first kappa shape index (κ1) is 43.8. The number of carbonyl (C=O) groups excluding carboxylic acids is 7. The minimum Gasteiger partial charge on any atom is -0.480 e. The number of aliphatic carboxylic acids is 1. The third-order valence-electron chi connectivity index (χ3n) is 9.42. The molecule has 0 radical (unpaired) electrons. The number of amides is 5. The Kier molecular flexibility index (Phi) is 18.4. The molecule has 1 unspecified atom stereocenters. The predicted octanol–water partition coefficient (Wildman–Crippen LogP) is 0.724. The second kappa shape index (κ2) is 21.9. The monoisotopic (exact) mass is 734 g/mol. The molecule has 2 aliphatic heterocycles. The van der Waals surface area contributed by atoms with Crippen molar-refractivity contribution in [1.82, 2.24) is 31.5 Å². The molecular weight excluding hydrogens is 676 g/mol. The van der Waals surface area contributed by atoms with Crippen molar-refractivity contribution in [2.24, 2.45) is 11.8 Å². The molecule has 0 saturated carbocycles. The van der Waals surface area contributed by atoms with Crippen LogP contribution in [-0.4, -0.2) is 114 Å². The average Bonchev–Trinajstić information content (AvgIpc) is 3.78. The van der Waals surface area contributed by atoms with Crippen LogP contribution in [0.1, 0.15) is 98.8 Å². The molecule has 2 rings (SSSR count). The van der Waals surface area contributed by atoms with Gasteiger partial charge in [0.15, 0.2) is 0 Å². The molecule has 52 heavy (non-hydrogen) atoms. The highest BCUT2D eigenvalue weighted by Gasteiger charge is 2.39. The zero-order chi connectivity index (χ0) is 39.0. The topological polar surface area (TPSA) is 229 Å². The summed E-state index contributed by atoms with van der Waals surface area (Å²) in [5, 5.41) is 23.5. The number of nitrogens with one attached hydrogen (secondary N) is 5. The Morgan fingerprint density at radius 1 is 0.942 bits per heavy atom. The summed E-state index contributed by atoms with van der Waals surface area (Å²) in [4.78, 5) is 104. The first-order chi connectivity index (χ1) is 24.6. The summed E-state index contributed by atoms with van der Waals surface area (Å²) in [6.45, 7) is 9.61. The van der Waals surface area contributed by atoms with Gasteiger partial charge in [0.1, 0.15) is 36.0 Å². The highest BCUT2D eigenvalue weighted by molar-refractivity contribution is 5.98. The van der Waals surface area contributed by atoms with E-state index in [-0.39, 0.29) is 62.8 Å². The molecule has 0 aliphatic carbocycles.